The summed E-state index contributed by atoms with van der Waals surface area (Å²) in [5.41, 5.74) is 0.811. The maximum absolute atomic E-state index is 11.4. The molecule has 5 atom stereocenters. The smallest absolute Gasteiger partial charge is 0.493 e. The summed E-state index contributed by atoms with van der Waals surface area (Å²) in [7, 11) is 2.68. The molecule has 1 aromatic carbocycles. The van der Waals surface area contributed by atoms with Gasteiger partial charge in [-0.05, 0) is 24.3 Å². The number of nitrogens with zero attached hydrogens (tertiary/aromatic N) is 1. The van der Waals surface area contributed by atoms with E-state index in [1.165, 1.54) is 38.5 Å². The van der Waals surface area contributed by atoms with Crippen LogP contribution < -0.4 is 14.9 Å². The van der Waals surface area contributed by atoms with E-state index in [4.69, 9.17) is 39.4 Å². The van der Waals surface area contributed by atoms with Crippen molar-refractivity contribution in [3.8, 4) is 23.0 Å². The van der Waals surface area contributed by atoms with E-state index in [2.05, 4.69) is 14.5 Å². The van der Waals surface area contributed by atoms with Crippen molar-refractivity contribution in [2.75, 3.05) is 20.8 Å². The SMILES string of the molecule is COC(=O)Oc1ccc(OC)c2oc3cc(=O)ccc-3nc12.OC[C@H]1O[C@@H](O)[C@H](O)[C@@H](O)[C@H]1O. The highest BCUT2D eigenvalue weighted by Crippen LogP contribution is 2.35. The van der Waals surface area contributed by atoms with Gasteiger partial charge in [-0.1, -0.05) is 0 Å². The normalized spacial score (nSPS) is 24.3. The Labute approximate surface area is 191 Å². The summed E-state index contributed by atoms with van der Waals surface area (Å²) >= 11 is 0. The van der Waals surface area contributed by atoms with Crippen LogP contribution in [0.15, 0.2) is 39.5 Å². The lowest BCUT2D eigenvalue weighted by atomic mass is 10.00. The molecule has 5 N–H and O–H groups in total. The number of aliphatic hydroxyl groups excluding tert-OH is 5. The van der Waals surface area contributed by atoms with Gasteiger partial charge in [-0.15, -0.1) is 0 Å². The molecule has 13 nitrogen and oxygen atoms in total. The number of aliphatic hydroxyl groups is 5. The number of ether oxygens (including phenoxy) is 4. The van der Waals surface area contributed by atoms with Gasteiger partial charge < -0.3 is 48.9 Å². The third-order valence-corrected chi connectivity index (χ3v) is 4.88. The molecule has 1 saturated heterocycles. The molecule has 0 radical (unpaired) electrons. The molecule has 1 fully saturated rings. The second-order valence-electron chi connectivity index (χ2n) is 7.06. The van der Waals surface area contributed by atoms with Crippen LogP contribution in [0.3, 0.4) is 0 Å². The number of fused-ring (bicyclic) bond motifs is 2. The molecule has 34 heavy (non-hydrogen) atoms. The average molecular weight is 481 g/mol. The number of hydrogen-bond donors (Lipinski definition) is 5. The summed E-state index contributed by atoms with van der Waals surface area (Å²) in [5, 5.41) is 44.7. The molecule has 0 spiro atoms. The third kappa shape index (κ3) is 5.25. The van der Waals surface area contributed by atoms with Gasteiger partial charge in [0.1, 0.15) is 30.1 Å². The van der Waals surface area contributed by atoms with Crippen LogP contribution in [0, 0.1) is 0 Å². The minimum atomic E-state index is -1.57. The van der Waals surface area contributed by atoms with Gasteiger partial charge in [0, 0.05) is 6.07 Å². The predicted molar refractivity (Wildman–Crippen MR) is 112 cm³/mol. The summed E-state index contributed by atoms with van der Waals surface area (Å²) in [5.74, 6) is 0.880. The van der Waals surface area contributed by atoms with Gasteiger partial charge >= 0.3 is 6.16 Å². The van der Waals surface area contributed by atoms with E-state index in [-0.39, 0.29) is 22.3 Å². The van der Waals surface area contributed by atoms with E-state index in [9.17, 15) is 9.59 Å². The highest BCUT2D eigenvalue weighted by molar-refractivity contribution is 5.88. The Morgan fingerprint density at radius 2 is 1.74 bits per heavy atom. The van der Waals surface area contributed by atoms with E-state index >= 15 is 0 Å². The van der Waals surface area contributed by atoms with Crippen LogP contribution in [-0.4, -0.2) is 88.2 Å². The number of benzene rings is 2. The Hall–Kier alpha value is -3.33. The van der Waals surface area contributed by atoms with Gasteiger partial charge in [0.15, 0.2) is 40.1 Å². The molecule has 3 aliphatic rings. The zero-order valence-corrected chi connectivity index (χ0v) is 18.0. The number of rotatable bonds is 3. The van der Waals surface area contributed by atoms with E-state index in [1.807, 2.05) is 0 Å². The first-order valence-electron chi connectivity index (χ1n) is 9.86. The Bertz CT molecular complexity index is 1160. The first kappa shape index (κ1) is 25.3. The molecule has 2 heterocycles. The summed E-state index contributed by atoms with van der Waals surface area (Å²) in [6, 6.07) is 7.32. The Kier molecular flexibility index (Phi) is 7.98. The lowest BCUT2D eigenvalue weighted by Crippen LogP contribution is -2.58. The molecule has 2 aliphatic heterocycles. The zero-order valence-electron chi connectivity index (χ0n) is 18.0. The highest BCUT2D eigenvalue weighted by Gasteiger charge is 2.42. The van der Waals surface area contributed by atoms with Crippen molar-refractivity contribution in [2.24, 2.45) is 0 Å². The number of aromatic nitrogens is 1. The Morgan fingerprint density at radius 1 is 1.03 bits per heavy atom. The predicted octanol–water partition coefficient (Wildman–Crippen LogP) is -0.775. The molecule has 0 saturated carbocycles. The summed E-state index contributed by atoms with van der Waals surface area (Å²) in [6.45, 7) is -0.526. The number of hydrogen-bond acceptors (Lipinski definition) is 13. The summed E-state index contributed by atoms with van der Waals surface area (Å²) < 4.78 is 25.0. The van der Waals surface area contributed by atoms with Gasteiger partial charge in [0.2, 0.25) is 0 Å². The molecule has 184 valence electrons. The van der Waals surface area contributed by atoms with Crippen molar-refractivity contribution in [2.45, 2.75) is 30.7 Å². The van der Waals surface area contributed by atoms with Crippen molar-refractivity contribution in [3.05, 3.63) is 40.6 Å². The van der Waals surface area contributed by atoms with Crippen LogP contribution in [0.5, 0.6) is 11.5 Å². The first-order chi connectivity index (χ1) is 16.2. The fraction of sp³-hybridized carbons (Fsp3) is 0.381. The van der Waals surface area contributed by atoms with Crippen LogP contribution in [0.2, 0.25) is 0 Å². The third-order valence-electron chi connectivity index (χ3n) is 4.88. The van der Waals surface area contributed by atoms with Gasteiger partial charge in [0.05, 0.1) is 20.8 Å². The fourth-order valence-corrected chi connectivity index (χ4v) is 3.09. The topological polar surface area (TPSA) is 198 Å². The molecule has 13 heteroatoms. The van der Waals surface area contributed by atoms with Crippen LogP contribution in [0.1, 0.15) is 0 Å². The van der Waals surface area contributed by atoms with Crippen LogP contribution >= 0.6 is 0 Å². The Balaban J connectivity index is 0.000000229. The minimum Gasteiger partial charge on any atom is -0.493 e. The largest absolute Gasteiger partial charge is 0.513 e. The van der Waals surface area contributed by atoms with Crippen molar-refractivity contribution in [1.82, 2.24) is 4.98 Å². The molecular weight excluding hydrogens is 458 g/mol. The fourth-order valence-electron chi connectivity index (χ4n) is 3.09. The molecule has 1 aromatic rings. The molecule has 0 aromatic heterocycles. The molecule has 0 unspecified atom stereocenters. The first-order valence-corrected chi connectivity index (χ1v) is 9.86. The van der Waals surface area contributed by atoms with Gasteiger partial charge in [-0.2, -0.15) is 0 Å². The van der Waals surface area contributed by atoms with Crippen molar-refractivity contribution >= 4 is 17.3 Å². The summed E-state index contributed by atoms with van der Waals surface area (Å²) in [4.78, 5) is 27.1. The Morgan fingerprint density at radius 3 is 2.38 bits per heavy atom. The monoisotopic (exact) mass is 481 g/mol. The van der Waals surface area contributed by atoms with E-state index < -0.39 is 43.5 Å². The molecule has 4 rings (SSSR count). The standard InChI is InChI=1S/C15H11NO6.C6H12O6/c1-19-11-6-5-10(22-15(18)20-2)13-14(11)21-12-7-8(17)3-4-9(12)16-13;7-1-2-3(8)4(9)5(10)6(11)12-2/h3-7H,1-2H3;2-11H,1H2/t;2-,3+,4+,5-,6-/m.1/s1. The maximum atomic E-state index is 11.4. The van der Waals surface area contributed by atoms with Crippen LogP contribution in [0.4, 0.5) is 4.79 Å². The lowest BCUT2D eigenvalue weighted by molar-refractivity contribution is -0.286. The second-order valence-corrected chi connectivity index (χ2v) is 7.06. The molecule has 1 aliphatic carbocycles. The molecule has 0 amide bonds. The van der Waals surface area contributed by atoms with Crippen LogP contribution in [-0.2, 0) is 9.47 Å². The maximum Gasteiger partial charge on any atom is 0.513 e. The second kappa shape index (κ2) is 10.7. The lowest BCUT2D eigenvalue weighted by Gasteiger charge is -2.37. The molecular formula is C21H23NO12. The van der Waals surface area contributed by atoms with E-state index in [0.29, 0.717) is 17.2 Å². The quantitative estimate of drug-likeness (QED) is 0.178. The summed E-state index contributed by atoms with van der Waals surface area (Å²) in [6.07, 6.45) is -7.91. The van der Waals surface area contributed by atoms with E-state index in [1.54, 1.807) is 6.07 Å². The van der Waals surface area contributed by atoms with Gasteiger partial charge in [0.25, 0.3) is 0 Å². The van der Waals surface area contributed by atoms with Gasteiger partial charge in [-0.25, -0.2) is 9.78 Å². The highest BCUT2D eigenvalue weighted by atomic mass is 16.7. The number of methoxy groups -OCH3 is 2. The van der Waals surface area contributed by atoms with E-state index in [0.717, 1.165) is 0 Å². The number of carbonyl (C=O) groups is 1. The average Bonchev–Trinajstić information content (AvgIpc) is 2.84. The van der Waals surface area contributed by atoms with Crippen molar-refractivity contribution in [3.63, 3.8) is 0 Å². The number of carbonyl (C=O) groups excluding carboxylic acids is 1. The van der Waals surface area contributed by atoms with Crippen LogP contribution in [0.25, 0.3) is 22.6 Å². The zero-order chi connectivity index (χ0) is 25.0. The van der Waals surface area contributed by atoms with Crippen molar-refractivity contribution in [1.29, 1.82) is 0 Å². The molecule has 0 bridgehead atoms. The minimum absolute atomic E-state index is 0.166. The van der Waals surface area contributed by atoms with Crippen molar-refractivity contribution < 1.29 is 53.7 Å². The van der Waals surface area contributed by atoms with Gasteiger partial charge in [-0.3, -0.25) is 4.79 Å².